The third-order valence-electron chi connectivity index (χ3n) is 3.81. The number of allylic oxidation sites excluding steroid dienone is 12. The molecule has 0 spiro atoms. The molecule has 0 saturated heterocycles. The van der Waals surface area contributed by atoms with Gasteiger partial charge in [0.05, 0.1) is 13.2 Å². The quantitative estimate of drug-likeness (QED) is 0.195. The van der Waals surface area contributed by atoms with Gasteiger partial charge in [-0.05, 0) is 38.5 Å². The van der Waals surface area contributed by atoms with Gasteiger partial charge in [0.15, 0.2) is 0 Å². The summed E-state index contributed by atoms with van der Waals surface area (Å²) in [5, 5.41) is 17.7. The lowest BCUT2D eigenvalue weighted by atomic mass is 10.2. The first-order valence-electron chi connectivity index (χ1n) is 10.6. The summed E-state index contributed by atoms with van der Waals surface area (Å²) < 4.78 is 4.88. The van der Waals surface area contributed by atoms with Gasteiger partial charge >= 0.3 is 5.97 Å². The zero-order chi connectivity index (χ0) is 21.4. The number of rotatable bonds is 17. The van der Waals surface area contributed by atoms with Crippen LogP contribution in [-0.2, 0) is 9.53 Å². The fourth-order valence-electron chi connectivity index (χ4n) is 2.18. The summed E-state index contributed by atoms with van der Waals surface area (Å²) >= 11 is 0. The van der Waals surface area contributed by atoms with E-state index in [9.17, 15) is 4.79 Å². The maximum absolute atomic E-state index is 11.4. The molecular weight excluding hydrogens is 364 g/mol. The molecular formula is C25H38O4. The molecule has 0 unspecified atom stereocenters. The van der Waals surface area contributed by atoms with Gasteiger partial charge in [0.25, 0.3) is 0 Å². The summed E-state index contributed by atoms with van der Waals surface area (Å²) in [7, 11) is 0. The third-order valence-corrected chi connectivity index (χ3v) is 3.81. The Bertz CT molecular complexity index is 549. The highest BCUT2D eigenvalue weighted by Gasteiger charge is 2.10. The average Bonchev–Trinajstić information content (AvgIpc) is 2.73. The van der Waals surface area contributed by atoms with Crippen molar-refractivity contribution in [2.45, 2.75) is 64.4 Å². The molecule has 162 valence electrons. The van der Waals surface area contributed by atoms with Gasteiger partial charge < -0.3 is 14.9 Å². The number of aliphatic hydroxyl groups excluding tert-OH is 2. The van der Waals surface area contributed by atoms with Crippen molar-refractivity contribution < 1.29 is 19.7 Å². The molecule has 0 atom stereocenters. The number of aliphatic hydroxyl groups is 2. The second-order valence-electron chi connectivity index (χ2n) is 6.49. The number of unbranched alkanes of at least 4 members (excludes halogenated alkanes) is 1. The van der Waals surface area contributed by atoms with E-state index in [2.05, 4.69) is 67.7 Å². The smallest absolute Gasteiger partial charge is 0.306 e. The van der Waals surface area contributed by atoms with Crippen LogP contribution in [0.4, 0.5) is 0 Å². The van der Waals surface area contributed by atoms with Gasteiger partial charge in [-0.2, -0.15) is 0 Å². The van der Waals surface area contributed by atoms with Crippen LogP contribution in [0.15, 0.2) is 72.9 Å². The first-order chi connectivity index (χ1) is 14.2. The predicted molar refractivity (Wildman–Crippen MR) is 122 cm³/mol. The molecule has 0 fully saturated rings. The lowest BCUT2D eigenvalue weighted by Gasteiger charge is -2.11. The second-order valence-corrected chi connectivity index (χ2v) is 6.49. The van der Waals surface area contributed by atoms with Gasteiger partial charge in [-0.1, -0.05) is 86.3 Å². The largest absolute Gasteiger partial charge is 0.457 e. The van der Waals surface area contributed by atoms with Crippen molar-refractivity contribution in [2.75, 3.05) is 13.2 Å². The van der Waals surface area contributed by atoms with Crippen LogP contribution in [0, 0.1) is 0 Å². The molecule has 0 aromatic rings. The first-order valence-corrected chi connectivity index (χ1v) is 10.6. The minimum Gasteiger partial charge on any atom is -0.457 e. The van der Waals surface area contributed by atoms with Crippen LogP contribution < -0.4 is 0 Å². The molecule has 0 rings (SSSR count). The zero-order valence-electron chi connectivity index (χ0n) is 17.8. The van der Waals surface area contributed by atoms with Crippen molar-refractivity contribution in [3.63, 3.8) is 0 Å². The highest BCUT2D eigenvalue weighted by atomic mass is 16.6. The predicted octanol–water partition coefficient (Wildman–Crippen LogP) is 5.36. The van der Waals surface area contributed by atoms with Crippen LogP contribution in [0.3, 0.4) is 0 Å². The SMILES string of the molecule is CCC/C=C/C=C/C/C=C/C/C=C/C/C=C/C/C=C/CCC(=O)OC(CO)CO. The normalized spacial score (nSPS) is 13.0. The van der Waals surface area contributed by atoms with Gasteiger partial charge in [0, 0.05) is 6.42 Å². The van der Waals surface area contributed by atoms with Crippen molar-refractivity contribution in [2.24, 2.45) is 0 Å². The van der Waals surface area contributed by atoms with E-state index in [-0.39, 0.29) is 19.6 Å². The van der Waals surface area contributed by atoms with Gasteiger partial charge in [0.1, 0.15) is 6.10 Å². The van der Waals surface area contributed by atoms with Crippen LogP contribution >= 0.6 is 0 Å². The van der Waals surface area contributed by atoms with Crippen LogP contribution in [0.2, 0.25) is 0 Å². The Hall–Kier alpha value is -2.17. The van der Waals surface area contributed by atoms with E-state index in [1.54, 1.807) is 0 Å². The van der Waals surface area contributed by atoms with Crippen LogP contribution in [0.1, 0.15) is 58.3 Å². The lowest BCUT2D eigenvalue weighted by Crippen LogP contribution is -2.25. The van der Waals surface area contributed by atoms with Crippen LogP contribution in [0.25, 0.3) is 0 Å². The molecule has 0 aliphatic carbocycles. The summed E-state index contributed by atoms with van der Waals surface area (Å²) in [6, 6.07) is 0. The fourth-order valence-corrected chi connectivity index (χ4v) is 2.18. The molecule has 29 heavy (non-hydrogen) atoms. The van der Waals surface area contributed by atoms with Crippen molar-refractivity contribution in [1.82, 2.24) is 0 Å². The van der Waals surface area contributed by atoms with Gasteiger partial charge in [-0.25, -0.2) is 0 Å². The molecule has 0 bridgehead atoms. The number of esters is 1. The number of hydrogen-bond donors (Lipinski definition) is 2. The van der Waals surface area contributed by atoms with E-state index in [4.69, 9.17) is 14.9 Å². The van der Waals surface area contributed by atoms with E-state index in [0.29, 0.717) is 6.42 Å². The Kier molecular flexibility index (Phi) is 20.5. The Morgan fingerprint density at radius 1 is 0.724 bits per heavy atom. The molecule has 0 amide bonds. The van der Waals surface area contributed by atoms with Crippen molar-refractivity contribution >= 4 is 5.97 Å². The van der Waals surface area contributed by atoms with E-state index >= 15 is 0 Å². The summed E-state index contributed by atoms with van der Waals surface area (Å²) in [5.74, 6) is -0.405. The summed E-state index contributed by atoms with van der Waals surface area (Å²) in [5.41, 5.74) is 0. The monoisotopic (exact) mass is 402 g/mol. The molecule has 4 nitrogen and oxygen atoms in total. The van der Waals surface area contributed by atoms with E-state index in [0.717, 1.165) is 32.1 Å². The Labute approximate surface area is 176 Å². The molecule has 0 saturated carbocycles. The molecule has 0 aromatic carbocycles. The van der Waals surface area contributed by atoms with Gasteiger partial charge in [-0.3, -0.25) is 4.79 Å². The molecule has 2 N–H and O–H groups in total. The average molecular weight is 403 g/mol. The highest BCUT2D eigenvalue weighted by molar-refractivity contribution is 5.69. The second kappa shape index (κ2) is 22.1. The minimum atomic E-state index is -0.812. The molecule has 0 aromatic heterocycles. The fraction of sp³-hybridized carbons (Fsp3) is 0.480. The van der Waals surface area contributed by atoms with Crippen molar-refractivity contribution in [3.8, 4) is 0 Å². The third kappa shape index (κ3) is 20.4. The molecule has 0 radical (unpaired) electrons. The van der Waals surface area contributed by atoms with E-state index in [1.807, 2.05) is 12.2 Å². The molecule has 4 heteroatoms. The highest BCUT2D eigenvalue weighted by Crippen LogP contribution is 2.00. The number of ether oxygens (including phenoxy) is 1. The van der Waals surface area contributed by atoms with Crippen LogP contribution in [0.5, 0.6) is 0 Å². The lowest BCUT2D eigenvalue weighted by molar-refractivity contribution is -0.153. The van der Waals surface area contributed by atoms with Crippen molar-refractivity contribution in [3.05, 3.63) is 72.9 Å². The van der Waals surface area contributed by atoms with E-state index in [1.165, 1.54) is 6.42 Å². The molecule has 0 aliphatic heterocycles. The summed E-state index contributed by atoms with van der Waals surface area (Å²) in [6.07, 6.45) is 31.4. The minimum absolute atomic E-state index is 0.248. The van der Waals surface area contributed by atoms with Crippen LogP contribution in [-0.4, -0.2) is 35.5 Å². The Morgan fingerprint density at radius 2 is 1.21 bits per heavy atom. The Balaban J connectivity index is 3.64. The van der Waals surface area contributed by atoms with Gasteiger partial charge in [0.2, 0.25) is 0 Å². The molecule has 0 heterocycles. The van der Waals surface area contributed by atoms with Gasteiger partial charge in [-0.15, -0.1) is 0 Å². The Morgan fingerprint density at radius 3 is 1.72 bits per heavy atom. The zero-order valence-corrected chi connectivity index (χ0v) is 17.8. The van der Waals surface area contributed by atoms with E-state index < -0.39 is 12.1 Å². The first kappa shape index (κ1) is 26.8. The number of hydrogen-bond acceptors (Lipinski definition) is 4. The topological polar surface area (TPSA) is 66.8 Å². The maximum atomic E-state index is 11.4. The number of carbonyl (C=O) groups is 1. The summed E-state index contributed by atoms with van der Waals surface area (Å²) in [4.78, 5) is 11.4. The molecule has 0 aliphatic rings. The number of carbonyl (C=O) groups excluding carboxylic acids is 1. The standard InChI is InChI=1S/C25H38O4/c1-2-3-4-5-6-7-8-9-10-11-12-13-14-15-16-17-18-19-20-21-25(28)29-24(22-26)23-27/h4-7,9-10,12-13,15-16,18-19,24,26-27H,2-3,8,11,14,17,20-23H2,1H3/b5-4+,7-6+,10-9+,13-12+,16-15+,19-18+. The maximum Gasteiger partial charge on any atom is 0.306 e. The van der Waals surface area contributed by atoms with Crippen molar-refractivity contribution in [1.29, 1.82) is 0 Å². The summed E-state index contributed by atoms with van der Waals surface area (Å²) in [6.45, 7) is 1.46.